The molecule has 0 spiro atoms. The summed E-state index contributed by atoms with van der Waals surface area (Å²) in [6.45, 7) is 0. The van der Waals surface area contributed by atoms with E-state index < -0.39 is 27.3 Å². The van der Waals surface area contributed by atoms with Gasteiger partial charge in [0.05, 0.1) is 4.90 Å². The van der Waals surface area contributed by atoms with E-state index in [9.17, 15) is 18.0 Å². The summed E-state index contributed by atoms with van der Waals surface area (Å²) in [6, 6.07) is 7.56. The molecule has 0 aliphatic heterocycles. The highest BCUT2D eigenvalue weighted by molar-refractivity contribution is 7.91. The molecule has 7 nitrogen and oxygen atoms in total. The SMILES string of the molecule is O=C(O)/C(O)=C/C(=O)c1nc(S(=O)(=O)c2ccccc2)cs1. The summed E-state index contributed by atoms with van der Waals surface area (Å²) in [7, 11) is -3.85. The second-order valence-corrected chi connectivity index (χ2v) is 6.76. The van der Waals surface area contributed by atoms with Crippen molar-refractivity contribution in [1.82, 2.24) is 4.98 Å². The number of aliphatic hydroxyl groups excluding tert-OH is 1. The normalized spacial score (nSPS) is 12.1. The van der Waals surface area contributed by atoms with Crippen molar-refractivity contribution in [2.24, 2.45) is 0 Å². The zero-order valence-electron chi connectivity index (χ0n) is 10.8. The molecule has 9 heteroatoms. The molecule has 0 bridgehead atoms. The molecule has 0 saturated carbocycles. The zero-order valence-corrected chi connectivity index (χ0v) is 12.5. The molecule has 0 saturated heterocycles. The largest absolute Gasteiger partial charge is 0.502 e. The van der Waals surface area contributed by atoms with Gasteiger partial charge in [0.25, 0.3) is 0 Å². The lowest BCUT2D eigenvalue weighted by atomic mass is 10.3. The summed E-state index contributed by atoms with van der Waals surface area (Å²) in [5.41, 5.74) is 0. The Hall–Kier alpha value is -2.52. The smallest absolute Gasteiger partial charge is 0.371 e. The molecule has 0 atom stereocenters. The molecule has 1 aromatic heterocycles. The molecule has 114 valence electrons. The molecule has 1 heterocycles. The molecule has 0 amide bonds. The lowest BCUT2D eigenvalue weighted by Gasteiger charge is -1.99. The van der Waals surface area contributed by atoms with E-state index in [4.69, 9.17) is 10.2 Å². The van der Waals surface area contributed by atoms with Gasteiger partial charge in [0, 0.05) is 11.5 Å². The highest BCUT2D eigenvalue weighted by Gasteiger charge is 2.22. The van der Waals surface area contributed by atoms with Crippen LogP contribution in [0.1, 0.15) is 9.80 Å². The van der Waals surface area contributed by atoms with Crippen LogP contribution in [0.3, 0.4) is 0 Å². The van der Waals surface area contributed by atoms with Gasteiger partial charge >= 0.3 is 5.97 Å². The molecular weight excluding hydrogens is 330 g/mol. The second-order valence-electron chi connectivity index (χ2n) is 4.01. The van der Waals surface area contributed by atoms with Gasteiger partial charge in [-0.15, -0.1) is 11.3 Å². The molecular formula is C13H9NO6S2. The fourth-order valence-electron chi connectivity index (χ4n) is 1.46. The van der Waals surface area contributed by atoms with Crippen LogP contribution < -0.4 is 0 Å². The number of allylic oxidation sites excluding steroid dienone is 1. The Bertz CT molecular complexity index is 852. The third-order valence-electron chi connectivity index (χ3n) is 2.51. The van der Waals surface area contributed by atoms with Crippen molar-refractivity contribution in [2.45, 2.75) is 9.92 Å². The summed E-state index contributed by atoms with van der Waals surface area (Å²) >= 11 is 0.744. The maximum Gasteiger partial charge on any atom is 0.371 e. The predicted octanol–water partition coefficient (Wildman–Crippen LogP) is 1.69. The molecule has 22 heavy (non-hydrogen) atoms. The Morgan fingerprint density at radius 3 is 2.36 bits per heavy atom. The van der Waals surface area contributed by atoms with E-state index in [0.717, 1.165) is 11.3 Å². The van der Waals surface area contributed by atoms with Crippen molar-refractivity contribution in [2.75, 3.05) is 0 Å². The number of aliphatic hydroxyl groups is 1. The average molecular weight is 339 g/mol. The molecule has 2 aromatic rings. The summed E-state index contributed by atoms with van der Waals surface area (Å²) in [4.78, 5) is 25.9. The topological polar surface area (TPSA) is 122 Å². The number of carbonyl (C=O) groups is 2. The standard InChI is InChI=1S/C13H9NO6S2/c15-9(6-10(16)13(17)18)12-14-11(7-21-12)22(19,20)8-4-2-1-3-5-8/h1-7,16H,(H,17,18)/b10-6-. The molecule has 2 N–H and O–H groups in total. The fourth-order valence-corrected chi connectivity index (χ4v) is 3.73. The van der Waals surface area contributed by atoms with Crippen LogP contribution in [-0.2, 0) is 14.6 Å². The summed E-state index contributed by atoms with van der Waals surface area (Å²) in [5.74, 6) is -3.70. The van der Waals surface area contributed by atoms with Crippen molar-refractivity contribution in [3.63, 3.8) is 0 Å². The number of aliphatic carboxylic acids is 1. The van der Waals surface area contributed by atoms with Crippen LogP contribution in [0.15, 0.2) is 57.5 Å². The highest BCUT2D eigenvalue weighted by atomic mass is 32.2. The molecule has 0 unspecified atom stereocenters. The van der Waals surface area contributed by atoms with E-state index in [2.05, 4.69) is 4.98 Å². The van der Waals surface area contributed by atoms with Gasteiger partial charge < -0.3 is 10.2 Å². The third-order valence-corrected chi connectivity index (χ3v) is 5.17. The first-order valence-electron chi connectivity index (χ1n) is 5.76. The number of benzene rings is 1. The quantitative estimate of drug-likeness (QED) is 0.483. The number of nitrogens with zero attached hydrogens (tertiary/aromatic N) is 1. The van der Waals surface area contributed by atoms with E-state index in [1.165, 1.54) is 17.5 Å². The van der Waals surface area contributed by atoms with Crippen LogP contribution in [0.2, 0.25) is 0 Å². The average Bonchev–Trinajstić information content (AvgIpc) is 2.98. The van der Waals surface area contributed by atoms with Crippen molar-refractivity contribution in [1.29, 1.82) is 0 Å². The van der Waals surface area contributed by atoms with Crippen molar-refractivity contribution < 1.29 is 28.2 Å². The van der Waals surface area contributed by atoms with Crippen molar-refractivity contribution >= 4 is 32.9 Å². The van der Waals surface area contributed by atoms with Crippen LogP contribution >= 0.6 is 11.3 Å². The van der Waals surface area contributed by atoms with Crippen LogP contribution in [0.4, 0.5) is 0 Å². The minimum Gasteiger partial charge on any atom is -0.502 e. The molecule has 0 fully saturated rings. The monoisotopic (exact) mass is 339 g/mol. The first-order chi connectivity index (χ1) is 10.3. The van der Waals surface area contributed by atoms with Gasteiger partial charge in [-0.3, -0.25) is 4.79 Å². The lowest BCUT2D eigenvalue weighted by Crippen LogP contribution is -2.05. The summed E-state index contributed by atoms with van der Waals surface area (Å²) in [6.07, 6.45) is 0.472. The Morgan fingerprint density at radius 1 is 1.14 bits per heavy atom. The number of carboxylic acid groups (broad SMARTS) is 1. The van der Waals surface area contributed by atoms with Gasteiger partial charge in [0.2, 0.25) is 21.4 Å². The summed E-state index contributed by atoms with van der Waals surface area (Å²) < 4.78 is 24.5. The third kappa shape index (κ3) is 3.21. The van der Waals surface area contributed by atoms with Crippen LogP contribution in [0, 0.1) is 0 Å². The molecule has 0 radical (unpaired) electrons. The Balaban J connectivity index is 2.35. The number of aromatic nitrogens is 1. The second kappa shape index (κ2) is 6.08. The molecule has 0 aliphatic carbocycles. The Labute approximate surface area is 129 Å². The highest BCUT2D eigenvalue weighted by Crippen LogP contribution is 2.22. The van der Waals surface area contributed by atoms with Gasteiger partial charge in [-0.2, -0.15) is 0 Å². The number of carboxylic acids is 1. The Kier molecular flexibility index (Phi) is 4.38. The van der Waals surface area contributed by atoms with Crippen LogP contribution in [0.5, 0.6) is 0 Å². The zero-order chi connectivity index (χ0) is 16.3. The molecule has 1 aromatic carbocycles. The number of hydrogen-bond donors (Lipinski definition) is 2. The van der Waals surface area contributed by atoms with Gasteiger partial charge in [-0.05, 0) is 12.1 Å². The van der Waals surface area contributed by atoms with E-state index in [0.29, 0.717) is 6.08 Å². The minimum absolute atomic E-state index is 0.0308. The number of hydrogen-bond acceptors (Lipinski definition) is 7. The minimum atomic E-state index is -3.85. The van der Waals surface area contributed by atoms with Gasteiger partial charge in [0.1, 0.15) is 0 Å². The number of thiazole rings is 1. The van der Waals surface area contributed by atoms with Gasteiger partial charge in [-0.25, -0.2) is 18.2 Å². The van der Waals surface area contributed by atoms with E-state index in [1.54, 1.807) is 18.2 Å². The summed E-state index contributed by atoms with van der Waals surface area (Å²) in [5, 5.41) is 18.1. The van der Waals surface area contributed by atoms with Gasteiger partial charge in [-0.1, -0.05) is 18.2 Å². The first kappa shape index (κ1) is 15.9. The first-order valence-corrected chi connectivity index (χ1v) is 8.12. The number of ketones is 1. The van der Waals surface area contributed by atoms with Crippen molar-refractivity contribution in [3.05, 3.63) is 52.6 Å². The number of carbonyl (C=O) groups excluding carboxylic acids is 1. The van der Waals surface area contributed by atoms with E-state index in [1.807, 2.05) is 0 Å². The predicted molar refractivity (Wildman–Crippen MR) is 76.7 cm³/mol. The fraction of sp³-hybridized carbons (Fsp3) is 0. The van der Waals surface area contributed by atoms with Gasteiger partial charge in [0.15, 0.2) is 10.0 Å². The maximum absolute atomic E-state index is 12.3. The lowest BCUT2D eigenvalue weighted by molar-refractivity contribution is -0.135. The number of sulfone groups is 1. The van der Waals surface area contributed by atoms with E-state index in [-0.39, 0.29) is 14.9 Å². The van der Waals surface area contributed by atoms with Crippen LogP contribution in [0.25, 0.3) is 0 Å². The molecule has 0 aliphatic rings. The van der Waals surface area contributed by atoms with E-state index >= 15 is 0 Å². The molecule has 2 rings (SSSR count). The van der Waals surface area contributed by atoms with Crippen molar-refractivity contribution in [3.8, 4) is 0 Å². The maximum atomic E-state index is 12.3. The number of rotatable bonds is 5. The van der Waals surface area contributed by atoms with Crippen LogP contribution in [-0.4, -0.2) is 35.4 Å². The Morgan fingerprint density at radius 2 is 1.77 bits per heavy atom.